The first kappa shape index (κ1) is 24.4. The maximum absolute atomic E-state index is 13.5. The highest BCUT2D eigenvalue weighted by Gasteiger charge is 2.27. The molecule has 0 unspecified atom stereocenters. The number of carbonyl (C=O) groups excluding carboxylic acids is 1. The molecule has 1 aliphatic rings. The number of rotatable bonds is 8. The van der Waals surface area contributed by atoms with Crippen molar-refractivity contribution in [3.05, 3.63) is 54.8 Å². The maximum Gasteiger partial charge on any atom is 0.306 e. The number of aromatic nitrogens is 4. The molecule has 12 heteroatoms. The fourth-order valence-corrected chi connectivity index (χ4v) is 4.46. The van der Waals surface area contributed by atoms with Crippen molar-refractivity contribution in [2.45, 2.75) is 37.8 Å². The summed E-state index contributed by atoms with van der Waals surface area (Å²) < 4.78 is 20.8. The van der Waals surface area contributed by atoms with E-state index < -0.39 is 12.0 Å². The monoisotopic (exact) mass is 507 g/mol. The van der Waals surface area contributed by atoms with Crippen molar-refractivity contribution in [1.82, 2.24) is 24.3 Å². The molecule has 0 aliphatic carbocycles. The topological polar surface area (TPSA) is 152 Å². The number of carboxylic acid groups (broad SMARTS) is 1. The lowest BCUT2D eigenvalue weighted by Crippen LogP contribution is -2.49. The van der Waals surface area contributed by atoms with E-state index in [2.05, 4.69) is 15.3 Å². The predicted octanol–water partition coefficient (Wildman–Crippen LogP) is 2.79. The molecule has 37 heavy (non-hydrogen) atoms. The Kier molecular flexibility index (Phi) is 6.82. The molecular formula is C25H26FN7O4. The fourth-order valence-electron chi connectivity index (χ4n) is 4.46. The summed E-state index contributed by atoms with van der Waals surface area (Å²) in [7, 11) is 0. The molecule has 1 aromatic carbocycles. The van der Waals surface area contributed by atoms with E-state index in [1.165, 1.54) is 18.4 Å². The molecule has 5 rings (SSSR count). The number of hydrogen-bond acceptors (Lipinski definition) is 8. The van der Waals surface area contributed by atoms with Crippen LogP contribution in [0.15, 0.2) is 53.4 Å². The van der Waals surface area contributed by atoms with Gasteiger partial charge >= 0.3 is 11.8 Å². The van der Waals surface area contributed by atoms with Gasteiger partial charge in [-0.25, -0.2) is 14.4 Å². The second-order valence-electron chi connectivity index (χ2n) is 8.92. The normalized spacial score (nSPS) is 15.1. The minimum Gasteiger partial charge on any atom is -0.481 e. The minimum atomic E-state index is -0.970. The van der Waals surface area contributed by atoms with E-state index in [9.17, 15) is 14.0 Å². The second kappa shape index (κ2) is 10.3. The zero-order chi connectivity index (χ0) is 25.9. The lowest BCUT2D eigenvalue weighted by Gasteiger charge is -2.33. The van der Waals surface area contributed by atoms with Crippen molar-refractivity contribution in [2.75, 3.05) is 18.4 Å². The zero-order valence-corrected chi connectivity index (χ0v) is 19.9. The van der Waals surface area contributed by atoms with E-state index in [-0.39, 0.29) is 30.6 Å². The molecule has 192 valence electrons. The second-order valence-corrected chi connectivity index (χ2v) is 8.92. The number of carboxylic acids is 1. The molecule has 1 atom stereocenters. The maximum atomic E-state index is 13.5. The highest BCUT2D eigenvalue weighted by molar-refractivity contribution is 5.82. The van der Waals surface area contributed by atoms with Crippen molar-refractivity contribution in [3.63, 3.8) is 0 Å². The lowest BCUT2D eigenvalue weighted by molar-refractivity contribution is -0.137. The summed E-state index contributed by atoms with van der Waals surface area (Å²) in [4.78, 5) is 38.6. The number of likely N-dealkylation sites (tertiary alicyclic amines) is 1. The van der Waals surface area contributed by atoms with Crippen LogP contribution in [0.1, 0.15) is 25.7 Å². The third-order valence-electron chi connectivity index (χ3n) is 6.40. The first-order valence-electron chi connectivity index (χ1n) is 12.0. The standard InChI is InChI=1S/C25H26FN7O4/c26-16-3-1-15(2-4-16)21-22(33-13-14-37-25(33)31-21)19-7-10-28-24(30-19)29-17-8-11-32(12-9-17)23(36)18(27)5-6-20(34)35/h1-4,7,10,13-14,17-18H,5-6,8-9,11-12,27H2,(H,34,35)(H,28,29,30)/t18-/m0/s1. The lowest BCUT2D eigenvalue weighted by atomic mass is 10.0. The van der Waals surface area contributed by atoms with E-state index in [1.54, 1.807) is 39.9 Å². The van der Waals surface area contributed by atoms with Crippen LogP contribution in [0, 0.1) is 5.82 Å². The molecule has 1 amide bonds. The molecule has 0 bridgehead atoms. The Morgan fingerprint density at radius 3 is 2.68 bits per heavy atom. The predicted molar refractivity (Wildman–Crippen MR) is 132 cm³/mol. The number of piperidine rings is 1. The molecule has 1 saturated heterocycles. The average molecular weight is 508 g/mol. The fraction of sp³-hybridized carbons (Fsp3) is 0.320. The zero-order valence-electron chi connectivity index (χ0n) is 19.9. The van der Waals surface area contributed by atoms with Gasteiger partial charge in [0.1, 0.15) is 23.5 Å². The van der Waals surface area contributed by atoms with Crippen molar-refractivity contribution >= 4 is 23.7 Å². The number of hydrogen-bond donors (Lipinski definition) is 3. The number of fused-ring (bicyclic) bond motifs is 1. The molecule has 4 N–H and O–H groups in total. The van der Waals surface area contributed by atoms with Crippen LogP contribution in [0.25, 0.3) is 28.5 Å². The quantitative estimate of drug-likeness (QED) is 0.327. The summed E-state index contributed by atoms with van der Waals surface area (Å²) in [6.07, 6.45) is 6.25. The average Bonchev–Trinajstić information content (AvgIpc) is 3.49. The Labute approximate surface area is 211 Å². The Morgan fingerprint density at radius 2 is 1.95 bits per heavy atom. The van der Waals surface area contributed by atoms with Crippen LogP contribution in [0.2, 0.25) is 0 Å². The van der Waals surface area contributed by atoms with Gasteiger partial charge in [0.15, 0.2) is 0 Å². The van der Waals surface area contributed by atoms with Gasteiger partial charge in [0.05, 0.1) is 11.7 Å². The Balaban J connectivity index is 1.29. The molecular weight excluding hydrogens is 481 g/mol. The van der Waals surface area contributed by atoms with Gasteiger partial charge in [0.25, 0.3) is 0 Å². The summed E-state index contributed by atoms with van der Waals surface area (Å²) in [5.74, 6) is -0.708. The van der Waals surface area contributed by atoms with Crippen LogP contribution in [0.3, 0.4) is 0 Å². The molecule has 0 radical (unpaired) electrons. The van der Waals surface area contributed by atoms with Crippen molar-refractivity contribution in [3.8, 4) is 22.6 Å². The number of nitrogens with one attached hydrogen (secondary N) is 1. The van der Waals surface area contributed by atoms with E-state index in [0.717, 1.165) is 5.56 Å². The largest absolute Gasteiger partial charge is 0.481 e. The van der Waals surface area contributed by atoms with E-state index >= 15 is 0 Å². The van der Waals surface area contributed by atoms with Crippen LogP contribution in [-0.2, 0) is 9.59 Å². The van der Waals surface area contributed by atoms with Crippen molar-refractivity contribution in [2.24, 2.45) is 5.73 Å². The highest BCUT2D eigenvalue weighted by Crippen LogP contribution is 2.32. The summed E-state index contributed by atoms with van der Waals surface area (Å²) in [5, 5.41) is 12.2. The molecule has 3 aromatic heterocycles. The van der Waals surface area contributed by atoms with Crippen LogP contribution in [0.5, 0.6) is 0 Å². The number of nitrogens with zero attached hydrogens (tertiary/aromatic N) is 5. The van der Waals surface area contributed by atoms with E-state index in [0.29, 0.717) is 54.8 Å². The Morgan fingerprint density at radius 1 is 1.19 bits per heavy atom. The summed E-state index contributed by atoms with van der Waals surface area (Å²) in [6, 6.07) is 7.07. The molecule has 4 heterocycles. The van der Waals surface area contributed by atoms with Gasteiger partial charge in [-0.2, -0.15) is 4.98 Å². The SMILES string of the molecule is N[C@@H](CCC(=O)O)C(=O)N1CCC(Nc2nccc(-c3c(-c4ccc(F)cc4)nc4occn34)n2)CC1. The van der Waals surface area contributed by atoms with E-state index in [1.807, 2.05) is 0 Å². The molecule has 0 saturated carbocycles. The third-order valence-corrected chi connectivity index (χ3v) is 6.40. The number of aliphatic carboxylic acids is 1. The summed E-state index contributed by atoms with van der Waals surface area (Å²) in [5.41, 5.74) is 8.52. The van der Waals surface area contributed by atoms with Crippen molar-refractivity contribution < 1.29 is 23.5 Å². The molecule has 1 fully saturated rings. The number of amides is 1. The van der Waals surface area contributed by atoms with Crippen LogP contribution in [-0.4, -0.2) is 66.4 Å². The smallest absolute Gasteiger partial charge is 0.306 e. The van der Waals surface area contributed by atoms with Gasteiger partial charge in [-0.15, -0.1) is 0 Å². The first-order valence-corrected chi connectivity index (χ1v) is 12.0. The van der Waals surface area contributed by atoms with Gasteiger partial charge < -0.3 is 25.5 Å². The number of carbonyl (C=O) groups is 2. The summed E-state index contributed by atoms with van der Waals surface area (Å²) >= 11 is 0. The first-order chi connectivity index (χ1) is 17.9. The number of nitrogens with two attached hydrogens (primary N) is 1. The van der Waals surface area contributed by atoms with Crippen LogP contribution < -0.4 is 11.1 Å². The van der Waals surface area contributed by atoms with Gasteiger partial charge in [-0.05, 0) is 49.6 Å². The Hall–Kier alpha value is -4.32. The van der Waals surface area contributed by atoms with Gasteiger partial charge in [0.2, 0.25) is 11.9 Å². The minimum absolute atomic E-state index is 0.0468. The number of oxazole rings is 1. The molecule has 1 aliphatic heterocycles. The number of halogens is 1. The van der Waals surface area contributed by atoms with Gasteiger partial charge in [-0.3, -0.25) is 14.0 Å². The van der Waals surface area contributed by atoms with Crippen LogP contribution in [0.4, 0.5) is 10.3 Å². The number of imidazole rings is 1. The van der Waals surface area contributed by atoms with Crippen LogP contribution >= 0.6 is 0 Å². The van der Waals surface area contributed by atoms with Gasteiger partial charge in [-0.1, -0.05) is 0 Å². The highest BCUT2D eigenvalue weighted by atomic mass is 19.1. The molecule has 11 nitrogen and oxygen atoms in total. The van der Waals surface area contributed by atoms with Crippen molar-refractivity contribution in [1.29, 1.82) is 0 Å². The molecule has 4 aromatic rings. The third kappa shape index (κ3) is 5.28. The molecule has 0 spiro atoms. The Bertz CT molecular complexity index is 1410. The van der Waals surface area contributed by atoms with Gasteiger partial charge in [0, 0.05) is 43.5 Å². The van der Waals surface area contributed by atoms with E-state index in [4.69, 9.17) is 20.2 Å². The summed E-state index contributed by atoms with van der Waals surface area (Å²) in [6.45, 7) is 1.01. The number of benzene rings is 1. The number of anilines is 1.